The molecule has 0 saturated carbocycles. The average molecular weight is 249 g/mol. The largest absolute Gasteiger partial charge is 0.477 e. The number of carboxylic acid groups (broad SMARTS) is 1. The molecule has 0 aliphatic carbocycles. The van der Waals surface area contributed by atoms with E-state index in [-0.39, 0.29) is 11.5 Å². The molecule has 1 aromatic carbocycles. The van der Waals surface area contributed by atoms with Gasteiger partial charge in [0.15, 0.2) is 0 Å². The molecule has 0 aliphatic rings. The molecule has 0 spiro atoms. The number of hydrogen-bond acceptors (Lipinski definition) is 2. The molecule has 2 N–H and O–H groups in total. The molecule has 0 saturated heterocycles. The zero-order chi connectivity index (χ0) is 13.4. The van der Waals surface area contributed by atoms with Crippen molar-refractivity contribution in [3.8, 4) is 0 Å². The molecule has 1 heterocycles. The number of pyridine rings is 1. The predicted molar refractivity (Wildman–Crippen MR) is 65.6 cm³/mol. The summed E-state index contributed by atoms with van der Waals surface area (Å²) in [4.78, 5) is 25.4. The molecule has 2 aromatic rings. The maximum absolute atomic E-state index is 13.3. The highest BCUT2D eigenvalue weighted by Gasteiger charge is 2.20. The maximum atomic E-state index is 13.3. The Hall–Kier alpha value is -2.17. The van der Waals surface area contributed by atoms with Gasteiger partial charge in [0.1, 0.15) is 11.4 Å². The number of carboxylic acids is 1. The monoisotopic (exact) mass is 249 g/mol. The molecule has 2 rings (SSSR count). The number of carbonyl (C=O) groups is 1. The Morgan fingerprint density at radius 2 is 2.06 bits per heavy atom. The number of rotatable bonds is 2. The van der Waals surface area contributed by atoms with E-state index in [0.717, 1.165) is 0 Å². The van der Waals surface area contributed by atoms with Crippen LogP contribution in [0, 0.1) is 5.82 Å². The van der Waals surface area contributed by atoms with Gasteiger partial charge in [0, 0.05) is 10.9 Å². The zero-order valence-electron chi connectivity index (χ0n) is 9.95. The van der Waals surface area contributed by atoms with E-state index >= 15 is 0 Å². The lowest BCUT2D eigenvalue weighted by molar-refractivity contribution is 0.0693. The lowest BCUT2D eigenvalue weighted by Crippen LogP contribution is -2.21. The fourth-order valence-electron chi connectivity index (χ4n) is 2.10. The number of aromatic nitrogens is 1. The second kappa shape index (κ2) is 4.25. The molecule has 0 unspecified atom stereocenters. The number of aromatic amines is 1. The minimum absolute atomic E-state index is 0.192. The van der Waals surface area contributed by atoms with Gasteiger partial charge in [0.25, 0.3) is 5.56 Å². The van der Waals surface area contributed by atoms with Gasteiger partial charge in [-0.25, -0.2) is 9.18 Å². The van der Waals surface area contributed by atoms with Crippen molar-refractivity contribution >= 4 is 16.9 Å². The van der Waals surface area contributed by atoms with E-state index in [9.17, 15) is 14.0 Å². The molecule has 5 heteroatoms. The van der Waals surface area contributed by atoms with Gasteiger partial charge in [-0.1, -0.05) is 13.8 Å². The van der Waals surface area contributed by atoms with Gasteiger partial charge in [0.05, 0.1) is 0 Å². The third-order valence-corrected chi connectivity index (χ3v) is 2.81. The molecule has 0 bridgehead atoms. The molecule has 0 fully saturated rings. The molecule has 0 radical (unpaired) electrons. The summed E-state index contributed by atoms with van der Waals surface area (Å²) in [5, 5.41) is 9.54. The summed E-state index contributed by atoms with van der Waals surface area (Å²) in [6, 6.07) is 3.90. The first-order valence-corrected chi connectivity index (χ1v) is 5.50. The zero-order valence-corrected chi connectivity index (χ0v) is 9.95. The first-order valence-electron chi connectivity index (χ1n) is 5.50. The molecule has 18 heavy (non-hydrogen) atoms. The second-order valence-electron chi connectivity index (χ2n) is 4.39. The minimum Gasteiger partial charge on any atom is -0.477 e. The molecule has 0 amide bonds. The van der Waals surface area contributed by atoms with Crippen molar-refractivity contribution < 1.29 is 14.3 Å². The Morgan fingerprint density at radius 3 is 2.61 bits per heavy atom. The number of H-pyrrole nitrogens is 1. The van der Waals surface area contributed by atoms with Crippen molar-refractivity contribution in [3.63, 3.8) is 0 Å². The van der Waals surface area contributed by atoms with E-state index in [1.54, 1.807) is 13.8 Å². The molecule has 1 aromatic heterocycles. The van der Waals surface area contributed by atoms with Gasteiger partial charge in [-0.15, -0.1) is 0 Å². The highest BCUT2D eigenvalue weighted by atomic mass is 19.1. The molecule has 0 atom stereocenters. The van der Waals surface area contributed by atoms with Gasteiger partial charge >= 0.3 is 5.97 Å². The van der Waals surface area contributed by atoms with Gasteiger partial charge in [-0.2, -0.15) is 0 Å². The predicted octanol–water partition coefficient (Wildman–Crippen LogP) is 2.49. The molecule has 4 nitrogen and oxygen atoms in total. The Balaban J connectivity index is 3.01. The fourth-order valence-corrected chi connectivity index (χ4v) is 2.10. The number of aromatic carboxylic acids is 1. The topological polar surface area (TPSA) is 70.2 Å². The van der Waals surface area contributed by atoms with Crippen molar-refractivity contribution in [1.82, 2.24) is 4.98 Å². The van der Waals surface area contributed by atoms with E-state index in [0.29, 0.717) is 16.5 Å². The standard InChI is InChI=1S/C13H12FNO3/c1-6(2)10-8-5-7(14)3-4-9(8)15-12(16)11(10)13(17)18/h3-6H,1-2H3,(H,15,16)(H,17,18). The number of halogens is 1. The van der Waals surface area contributed by atoms with Crippen molar-refractivity contribution in [1.29, 1.82) is 0 Å². The van der Waals surface area contributed by atoms with E-state index < -0.39 is 17.3 Å². The van der Waals surface area contributed by atoms with Gasteiger partial charge in [-0.3, -0.25) is 4.79 Å². The van der Waals surface area contributed by atoms with Crippen molar-refractivity contribution in [2.75, 3.05) is 0 Å². The quantitative estimate of drug-likeness (QED) is 0.859. The number of benzene rings is 1. The molecule has 94 valence electrons. The molecular formula is C13H12FNO3. The van der Waals surface area contributed by atoms with Gasteiger partial charge in [-0.05, 0) is 29.7 Å². The number of fused-ring (bicyclic) bond motifs is 1. The smallest absolute Gasteiger partial charge is 0.341 e. The van der Waals surface area contributed by atoms with Crippen molar-refractivity contribution in [3.05, 3.63) is 45.5 Å². The third kappa shape index (κ3) is 1.88. The van der Waals surface area contributed by atoms with E-state index in [2.05, 4.69) is 4.98 Å². The summed E-state index contributed by atoms with van der Waals surface area (Å²) in [5.74, 6) is -1.96. The van der Waals surface area contributed by atoms with E-state index in [4.69, 9.17) is 5.11 Å². The summed E-state index contributed by atoms with van der Waals surface area (Å²) >= 11 is 0. The Morgan fingerprint density at radius 1 is 1.39 bits per heavy atom. The summed E-state index contributed by atoms with van der Waals surface area (Å²) < 4.78 is 13.3. The van der Waals surface area contributed by atoms with Crippen LogP contribution in [-0.2, 0) is 0 Å². The van der Waals surface area contributed by atoms with Crippen LogP contribution < -0.4 is 5.56 Å². The third-order valence-electron chi connectivity index (χ3n) is 2.81. The van der Waals surface area contributed by atoms with Crippen LogP contribution in [0.1, 0.15) is 35.7 Å². The van der Waals surface area contributed by atoms with Crippen LogP contribution in [0.5, 0.6) is 0 Å². The minimum atomic E-state index is -1.30. The SMILES string of the molecule is CC(C)c1c(C(=O)O)c(=O)[nH]c2ccc(F)cc12. The van der Waals surface area contributed by atoms with Gasteiger partial charge < -0.3 is 10.1 Å². The normalized spacial score (nSPS) is 11.1. The Bertz CT molecular complexity index is 688. The Labute approximate surface area is 102 Å². The fraction of sp³-hybridized carbons (Fsp3) is 0.231. The van der Waals surface area contributed by atoms with Crippen molar-refractivity contribution in [2.45, 2.75) is 19.8 Å². The van der Waals surface area contributed by atoms with Crippen LogP contribution >= 0.6 is 0 Å². The lowest BCUT2D eigenvalue weighted by Gasteiger charge is -2.12. The summed E-state index contributed by atoms with van der Waals surface area (Å²) in [6.45, 7) is 3.54. The van der Waals surface area contributed by atoms with Crippen molar-refractivity contribution in [2.24, 2.45) is 0 Å². The average Bonchev–Trinajstić information content (AvgIpc) is 2.27. The molecule has 0 aliphatic heterocycles. The van der Waals surface area contributed by atoms with E-state index in [1.807, 2.05) is 0 Å². The first-order chi connectivity index (χ1) is 8.41. The van der Waals surface area contributed by atoms with Crippen LogP contribution in [0.2, 0.25) is 0 Å². The van der Waals surface area contributed by atoms with Crippen LogP contribution in [0.15, 0.2) is 23.0 Å². The summed E-state index contributed by atoms with van der Waals surface area (Å²) in [7, 11) is 0. The molecular weight excluding hydrogens is 237 g/mol. The number of hydrogen-bond donors (Lipinski definition) is 2. The highest BCUT2D eigenvalue weighted by molar-refractivity contribution is 5.96. The lowest BCUT2D eigenvalue weighted by atomic mass is 9.94. The van der Waals surface area contributed by atoms with E-state index in [1.165, 1.54) is 18.2 Å². The second-order valence-corrected chi connectivity index (χ2v) is 4.39. The van der Waals surface area contributed by atoms with Gasteiger partial charge in [0.2, 0.25) is 0 Å². The number of nitrogens with one attached hydrogen (secondary N) is 1. The summed E-state index contributed by atoms with van der Waals surface area (Å²) in [5.41, 5.74) is -0.177. The Kier molecular flexibility index (Phi) is 2.90. The maximum Gasteiger partial charge on any atom is 0.341 e. The van der Waals surface area contributed by atoms with Crippen LogP contribution in [0.4, 0.5) is 4.39 Å². The van der Waals surface area contributed by atoms with Crippen LogP contribution in [-0.4, -0.2) is 16.1 Å². The summed E-state index contributed by atoms with van der Waals surface area (Å²) in [6.07, 6.45) is 0. The highest BCUT2D eigenvalue weighted by Crippen LogP contribution is 2.26. The van der Waals surface area contributed by atoms with Crippen LogP contribution in [0.3, 0.4) is 0 Å². The van der Waals surface area contributed by atoms with Crippen LogP contribution in [0.25, 0.3) is 10.9 Å². The first kappa shape index (κ1) is 12.3.